The van der Waals surface area contributed by atoms with Gasteiger partial charge in [-0.25, -0.2) is 15.0 Å². The van der Waals surface area contributed by atoms with Crippen LogP contribution in [0.3, 0.4) is 0 Å². The predicted octanol–water partition coefficient (Wildman–Crippen LogP) is 15.2. The van der Waals surface area contributed by atoms with Crippen molar-refractivity contribution in [1.82, 2.24) is 19.5 Å². The van der Waals surface area contributed by atoms with Crippen LogP contribution in [0.15, 0.2) is 203 Å². The van der Waals surface area contributed by atoms with E-state index in [-0.39, 0.29) is 0 Å². The molecule has 0 saturated carbocycles. The van der Waals surface area contributed by atoms with Crippen LogP contribution in [-0.4, -0.2) is 19.5 Å². The van der Waals surface area contributed by atoms with Crippen molar-refractivity contribution in [3.8, 4) is 39.9 Å². The van der Waals surface area contributed by atoms with E-state index >= 15 is 0 Å². The Morgan fingerprint density at radius 1 is 0.317 bits per heavy atom. The minimum absolute atomic E-state index is 0.557. The SMILES string of the molecule is c1ccc2cc(-c3nc(-c4ccc5c(c4)oc4ccccc45)nc(-c4cccc5oc6cc(-n7c8ccccc8c8cc9ccccc9cc87)c7ccccc7c6c45)n3)ccc2c1. The van der Waals surface area contributed by atoms with Gasteiger partial charge in [-0.15, -0.1) is 0 Å². The molecule has 0 atom stereocenters. The van der Waals surface area contributed by atoms with Gasteiger partial charge in [0.05, 0.1) is 16.7 Å². The topological polar surface area (TPSA) is 69.9 Å². The van der Waals surface area contributed by atoms with Crippen LogP contribution in [0, 0.1) is 0 Å². The number of nitrogens with zero attached hydrogens (tertiary/aromatic N) is 4. The average molecular weight is 805 g/mol. The maximum atomic E-state index is 6.91. The number of benzene rings is 10. The average Bonchev–Trinajstić information content (AvgIpc) is 4.02. The first-order valence-electron chi connectivity index (χ1n) is 21.2. The Kier molecular flexibility index (Phi) is 7.02. The Balaban J connectivity index is 1.03. The summed E-state index contributed by atoms with van der Waals surface area (Å²) in [5, 5.41) is 13.4. The standard InChI is InChI=1S/C57H32N4O2/c1-2-13-34-28-37(25-24-33(34)12-1)55-58-56(38-26-27-42-41-18-8-10-22-49(41)62-51(42)31-38)60-57(59-55)44-20-11-23-50-54(44)53-43-19-6-5-16-39(43)48(32-52(53)63-50)61-46-21-9-7-17-40(46)45-29-35-14-3-4-15-36(35)30-47(45)61/h1-32H. The van der Waals surface area contributed by atoms with Gasteiger partial charge >= 0.3 is 0 Å². The van der Waals surface area contributed by atoms with E-state index in [9.17, 15) is 0 Å². The molecule has 0 aliphatic heterocycles. The first-order chi connectivity index (χ1) is 31.2. The summed E-state index contributed by atoms with van der Waals surface area (Å²) < 4.78 is 15.7. The van der Waals surface area contributed by atoms with Gasteiger partial charge in [0.2, 0.25) is 0 Å². The summed E-state index contributed by atoms with van der Waals surface area (Å²) in [6, 6.07) is 68.0. The first-order valence-corrected chi connectivity index (χ1v) is 21.2. The molecule has 14 aromatic rings. The zero-order valence-corrected chi connectivity index (χ0v) is 33.6. The Morgan fingerprint density at radius 2 is 0.921 bits per heavy atom. The molecule has 14 rings (SSSR count). The van der Waals surface area contributed by atoms with E-state index in [4.69, 9.17) is 23.8 Å². The van der Waals surface area contributed by atoms with Gasteiger partial charge in [-0.1, -0.05) is 140 Å². The number of hydrogen-bond acceptors (Lipinski definition) is 5. The van der Waals surface area contributed by atoms with Crippen molar-refractivity contribution in [1.29, 1.82) is 0 Å². The van der Waals surface area contributed by atoms with Crippen molar-refractivity contribution >= 4 is 98.0 Å². The van der Waals surface area contributed by atoms with Crippen LogP contribution in [-0.2, 0) is 0 Å². The minimum Gasteiger partial charge on any atom is -0.456 e. The number of aromatic nitrogens is 4. The molecule has 4 aromatic heterocycles. The lowest BCUT2D eigenvalue weighted by Gasteiger charge is -2.13. The minimum atomic E-state index is 0.557. The molecule has 0 aliphatic carbocycles. The molecular weight excluding hydrogens is 773 g/mol. The highest BCUT2D eigenvalue weighted by Crippen LogP contribution is 2.44. The van der Waals surface area contributed by atoms with Crippen LogP contribution in [0.1, 0.15) is 0 Å². The van der Waals surface area contributed by atoms with Crippen molar-refractivity contribution in [2.75, 3.05) is 0 Å². The molecule has 6 nitrogen and oxygen atoms in total. The van der Waals surface area contributed by atoms with Gasteiger partial charge in [0.15, 0.2) is 17.5 Å². The van der Waals surface area contributed by atoms with Crippen LogP contribution < -0.4 is 0 Å². The fraction of sp³-hybridized carbons (Fsp3) is 0. The van der Waals surface area contributed by atoms with E-state index in [1.54, 1.807) is 0 Å². The van der Waals surface area contributed by atoms with E-state index in [0.29, 0.717) is 17.5 Å². The second-order valence-corrected chi connectivity index (χ2v) is 16.3. The lowest BCUT2D eigenvalue weighted by molar-refractivity contribution is 0.668. The summed E-state index contributed by atoms with van der Waals surface area (Å²) in [5.41, 5.74) is 9.13. The Hall–Kier alpha value is -8.61. The molecular formula is C57H32N4O2. The molecule has 0 saturated heterocycles. The fourth-order valence-electron chi connectivity index (χ4n) is 9.90. The van der Waals surface area contributed by atoms with Crippen LogP contribution in [0.4, 0.5) is 0 Å². The normalized spacial score (nSPS) is 12.1. The maximum Gasteiger partial charge on any atom is 0.164 e. The number of rotatable bonds is 4. The second-order valence-electron chi connectivity index (χ2n) is 16.3. The molecule has 63 heavy (non-hydrogen) atoms. The highest BCUT2D eigenvalue weighted by atomic mass is 16.3. The van der Waals surface area contributed by atoms with Gasteiger partial charge in [0, 0.05) is 60.5 Å². The number of para-hydroxylation sites is 2. The molecule has 0 unspecified atom stereocenters. The first kappa shape index (κ1) is 34.1. The van der Waals surface area contributed by atoms with E-state index in [1.165, 1.54) is 21.5 Å². The molecule has 0 aliphatic rings. The lowest BCUT2D eigenvalue weighted by Crippen LogP contribution is -2.00. The van der Waals surface area contributed by atoms with Gasteiger partial charge in [-0.05, 0) is 75.5 Å². The van der Waals surface area contributed by atoms with E-state index in [2.05, 4.69) is 162 Å². The highest BCUT2D eigenvalue weighted by molar-refractivity contribution is 6.25. The maximum absolute atomic E-state index is 6.91. The number of furan rings is 2. The monoisotopic (exact) mass is 804 g/mol. The molecule has 0 N–H and O–H groups in total. The van der Waals surface area contributed by atoms with Crippen molar-refractivity contribution in [3.63, 3.8) is 0 Å². The molecule has 6 heteroatoms. The molecule has 292 valence electrons. The number of hydrogen-bond donors (Lipinski definition) is 0. The molecule has 0 spiro atoms. The summed E-state index contributed by atoms with van der Waals surface area (Å²) in [4.78, 5) is 15.7. The molecule has 4 heterocycles. The van der Waals surface area contributed by atoms with Gasteiger partial charge in [0.25, 0.3) is 0 Å². The molecule has 0 amide bonds. The van der Waals surface area contributed by atoms with Crippen molar-refractivity contribution in [2.24, 2.45) is 0 Å². The van der Waals surface area contributed by atoms with E-state index < -0.39 is 0 Å². The summed E-state index contributed by atoms with van der Waals surface area (Å²) in [6.45, 7) is 0. The predicted molar refractivity (Wildman–Crippen MR) is 258 cm³/mol. The third kappa shape index (κ3) is 5.09. The Bertz CT molecular complexity index is 4230. The Morgan fingerprint density at radius 3 is 1.76 bits per heavy atom. The van der Waals surface area contributed by atoms with Crippen LogP contribution in [0.25, 0.3) is 138 Å². The molecule has 0 bridgehead atoms. The molecule has 0 fully saturated rings. The molecule has 0 radical (unpaired) electrons. The van der Waals surface area contributed by atoms with Crippen molar-refractivity contribution in [3.05, 3.63) is 194 Å². The lowest BCUT2D eigenvalue weighted by atomic mass is 9.99. The Labute approximate surface area is 358 Å². The van der Waals surface area contributed by atoms with Gasteiger partial charge < -0.3 is 13.4 Å². The third-order valence-corrected chi connectivity index (χ3v) is 12.8. The highest BCUT2D eigenvalue weighted by Gasteiger charge is 2.23. The number of fused-ring (bicyclic) bond motifs is 13. The summed E-state index contributed by atoms with van der Waals surface area (Å²) in [7, 11) is 0. The summed E-state index contributed by atoms with van der Waals surface area (Å²) in [5.74, 6) is 1.70. The van der Waals surface area contributed by atoms with Gasteiger partial charge in [0.1, 0.15) is 22.3 Å². The van der Waals surface area contributed by atoms with E-state index in [0.717, 1.165) is 98.8 Å². The third-order valence-electron chi connectivity index (χ3n) is 12.8. The van der Waals surface area contributed by atoms with Crippen LogP contribution in [0.5, 0.6) is 0 Å². The smallest absolute Gasteiger partial charge is 0.164 e. The largest absolute Gasteiger partial charge is 0.456 e. The van der Waals surface area contributed by atoms with Crippen LogP contribution in [0.2, 0.25) is 0 Å². The second kappa shape index (κ2) is 12.9. The summed E-state index contributed by atoms with van der Waals surface area (Å²) >= 11 is 0. The van der Waals surface area contributed by atoms with Gasteiger partial charge in [-0.2, -0.15) is 0 Å². The quantitative estimate of drug-likeness (QED) is 0.177. The van der Waals surface area contributed by atoms with Crippen molar-refractivity contribution in [2.45, 2.75) is 0 Å². The van der Waals surface area contributed by atoms with E-state index in [1.807, 2.05) is 36.4 Å². The molecule has 10 aromatic carbocycles. The van der Waals surface area contributed by atoms with Crippen LogP contribution >= 0.6 is 0 Å². The zero-order chi connectivity index (χ0) is 41.2. The fourth-order valence-corrected chi connectivity index (χ4v) is 9.90. The van der Waals surface area contributed by atoms with Gasteiger partial charge in [-0.3, -0.25) is 0 Å². The zero-order valence-electron chi connectivity index (χ0n) is 33.6. The summed E-state index contributed by atoms with van der Waals surface area (Å²) in [6.07, 6.45) is 0. The van der Waals surface area contributed by atoms with Crippen molar-refractivity contribution < 1.29 is 8.83 Å².